The number of anilines is 1. The van der Waals surface area contributed by atoms with Crippen LogP contribution in [0.1, 0.15) is 5.56 Å². The van der Waals surface area contributed by atoms with Crippen LogP contribution in [-0.4, -0.2) is 4.98 Å². The van der Waals surface area contributed by atoms with E-state index >= 15 is 0 Å². The molecule has 8 heavy (non-hydrogen) atoms. The molecule has 2 nitrogen and oxygen atoms in total. The van der Waals surface area contributed by atoms with Gasteiger partial charge in [-0.15, -0.1) is 0 Å². The van der Waals surface area contributed by atoms with Crippen LogP contribution in [0.4, 0.5) is 5.69 Å². The van der Waals surface area contributed by atoms with Crippen molar-refractivity contribution in [3.8, 4) is 0 Å². The van der Waals surface area contributed by atoms with E-state index in [9.17, 15) is 0 Å². The zero-order valence-electron chi connectivity index (χ0n) is 4.68. The van der Waals surface area contributed by atoms with Crippen molar-refractivity contribution in [3.05, 3.63) is 24.0 Å². The molecule has 0 aliphatic carbocycles. The van der Waals surface area contributed by atoms with Crippen LogP contribution in [0.3, 0.4) is 0 Å². The van der Waals surface area contributed by atoms with Gasteiger partial charge in [0.05, 0.1) is 5.69 Å². The summed E-state index contributed by atoms with van der Waals surface area (Å²) in [4.78, 5) is 3.70. The largest absolute Gasteiger partial charge is 0.397 e. The second-order valence-electron chi connectivity index (χ2n) is 1.65. The first kappa shape index (κ1) is 5.09. The van der Waals surface area contributed by atoms with Crippen molar-refractivity contribution in [1.29, 1.82) is 0 Å². The van der Waals surface area contributed by atoms with Gasteiger partial charge in [-0.25, -0.2) is 0 Å². The molecule has 0 unspecified atom stereocenters. The number of pyridine rings is 1. The molecule has 0 spiro atoms. The first-order valence-electron chi connectivity index (χ1n) is 2.39. The monoisotopic (exact) mass is 107 g/mol. The summed E-state index contributed by atoms with van der Waals surface area (Å²) in [7, 11) is 0. The van der Waals surface area contributed by atoms with E-state index in [2.05, 4.69) is 11.2 Å². The summed E-state index contributed by atoms with van der Waals surface area (Å²) in [6.45, 7) is 1.92. The molecule has 1 aromatic heterocycles. The molecule has 0 bridgehead atoms. The molecule has 1 rings (SSSR count). The molecule has 1 heterocycles. The summed E-state index contributed by atoms with van der Waals surface area (Å²) in [6, 6.07) is 1.85. The molecular formula is C6H7N2. The normalized spacial score (nSPS) is 9.12. The van der Waals surface area contributed by atoms with Crippen molar-refractivity contribution in [2.75, 3.05) is 5.73 Å². The highest BCUT2D eigenvalue weighted by Gasteiger charge is 1.86. The Hall–Kier alpha value is -1.05. The molecule has 2 heteroatoms. The molecule has 2 N–H and O–H groups in total. The second-order valence-corrected chi connectivity index (χ2v) is 1.65. The molecule has 0 atom stereocenters. The Balaban J connectivity index is 3.13. The van der Waals surface area contributed by atoms with Gasteiger partial charge in [-0.3, -0.25) is 4.98 Å². The van der Waals surface area contributed by atoms with Crippen LogP contribution in [0.25, 0.3) is 0 Å². The molecule has 0 saturated carbocycles. The van der Waals surface area contributed by atoms with Gasteiger partial charge in [0.1, 0.15) is 6.20 Å². The third-order valence-electron chi connectivity index (χ3n) is 1.01. The van der Waals surface area contributed by atoms with Gasteiger partial charge in [0.25, 0.3) is 0 Å². The topological polar surface area (TPSA) is 38.9 Å². The number of hydrogen-bond donors (Lipinski definition) is 1. The Kier molecular flexibility index (Phi) is 1.16. The van der Waals surface area contributed by atoms with E-state index in [1.807, 2.05) is 13.0 Å². The molecule has 41 valence electrons. The van der Waals surface area contributed by atoms with Crippen molar-refractivity contribution in [2.24, 2.45) is 0 Å². The average Bonchev–Trinajstić information content (AvgIpc) is 1.77. The molecule has 0 amide bonds. The minimum Gasteiger partial charge on any atom is -0.397 e. The van der Waals surface area contributed by atoms with E-state index in [0.29, 0.717) is 5.69 Å². The third-order valence-corrected chi connectivity index (χ3v) is 1.01. The van der Waals surface area contributed by atoms with Crippen LogP contribution < -0.4 is 5.73 Å². The van der Waals surface area contributed by atoms with Crippen LogP contribution in [0.5, 0.6) is 0 Å². The molecule has 0 fully saturated rings. The van der Waals surface area contributed by atoms with Gasteiger partial charge in [-0.05, 0) is 18.6 Å². The van der Waals surface area contributed by atoms with Gasteiger partial charge in [-0.1, -0.05) is 0 Å². The van der Waals surface area contributed by atoms with Crippen LogP contribution in [0.15, 0.2) is 12.3 Å². The van der Waals surface area contributed by atoms with E-state index in [1.54, 1.807) is 6.20 Å². The van der Waals surface area contributed by atoms with Crippen molar-refractivity contribution in [1.82, 2.24) is 4.98 Å². The molecular weight excluding hydrogens is 100 g/mol. The Morgan fingerprint density at radius 2 is 2.50 bits per heavy atom. The Morgan fingerprint density at radius 3 is 2.88 bits per heavy atom. The number of aryl methyl sites for hydroxylation is 1. The third kappa shape index (κ3) is 0.780. The Morgan fingerprint density at radius 1 is 1.75 bits per heavy atom. The molecule has 1 aromatic rings. The van der Waals surface area contributed by atoms with Gasteiger partial charge < -0.3 is 5.73 Å². The van der Waals surface area contributed by atoms with Gasteiger partial charge >= 0.3 is 0 Å². The fraction of sp³-hybridized carbons (Fsp3) is 0.167. The lowest BCUT2D eigenvalue weighted by molar-refractivity contribution is 1.28. The number of aromatic nitrogens is 1. The van der Waals surface area contributed by atoms with Gasteiger partial charge in [-0.2, -0.15) is 0 Å². The van der Waals surface area contributed by atoms with E-state index in [0.717, 1.165) is 5.56 Å². The smallest absolute Gasteiger partial charge is 0.114 e. The van der Waals surface area contributed by atoms with Gasteiger partial charge in [0.2, 0.25) is 0 Å². The van der Waals surface area contributed by atoms with E-state index in [-0.39, 0.29) is 0 Å². The average molecular weight is 107 g/mol. The number of hydrogen-bond acceptors (Lipinski definition) is 2. The van der Waals surface area contributed by atoms with Crippen LogP contribution in [0.2, 0.25) is 0 Å². The van der Waals surface area contributed by atoms with Crippen molar-refractivity contribution < 1.29 is 0 Å². The lowest BCUT2D eigenvalue weighted by Gasteiger charge is -1.92. The summed E-state index contributed by atoms with van der Waals surface area (Å²) < 4.78 is 0. The standard InChI is InChI=1S/C6H7N2/c1-5-2-3-8-4-6(5)7/h2-3H,7H2,1H3. The first-order chi connectivity index (χ1) is 3.80. The lowest BCUT2D eigenvalue weighted by Crippen LogP contribution is -1.88. The number of nitrogens with two attached hydrogens (primary N) is 1. The van der Waals surface area contributed by atoms with Crippen molar-refractivity contribution in [2.45, 2.75) is 6.92 Å². The highest BCUT2D eigenvalue weighted by Crippen LogP contribution is 2.03. The first-order valence-corrected chi connectivity index (χ1v) is 2.39. The highest BCUT2D eigenvalue weighted by molar-refractivity contribution is 5.41. The predicted molar refractivity (Wildman–Crippen MR) is 32.2 cm³/mol. The summed E-state index contributed by atoms with van der Waals surface area (Å²) >= 11 is 0. The SMILES string of the molecule is Cc1ccn[c]c1N. The number of nitrogens with zero attached hydrogens (tertiary/aromatic N) is 1. The second kappa shape index (κ2) is 1.82. The minimum absolute atomic E-state index is 0.632. The molecule has 0 saturated heterocycles. The highest BCUT2D eigenvalue weighted by atomic mass is 14.7. The summed E-state index contributed by atoms with van der Waals surface area (Å²) in [5.41, 5.74) is 7.06. The maximum atomic E-state index is 5.40. The van der Waals surface area contributed by atoms with Crippen LogP contribution in [0, 0.1) is 13.1 Å². The maximum Gasteiger partial charge on any atom is 0.114 e. The van der Waals surface area contributed by atoms with Crippen LogP contribution >= 0.6 is 0 Å². The Bertz CT molecular complexity index is 163. The molecule has 1 radical (unpaired) electrons. The van der Waals surface area contributed by atoms with Gasteiger partial charge in [0.15, 0.2) is 0 Å². The molecule has 0 aromatic carbocycles. The summed E-state index contributed by atoms with van der Waals surface area (Å²) in [5, 5.41) is 0. The lowest BCUT2D eigenvalue weighted by atomic mass is 10.3. The fourth-order valence-electron chi connectivity index (χ4n) is 0.434. The number of rotatable bonds is 0. The van der Waals surface area contributed by atoms with E-state index in [1.165, 1.54) is 0 Å². The summed E-state index contributed by atoms with van der Waals surface area (Å²) in [6.07, 6.45) is 4.30. The van der Waals surface area contributed by atoms with E-state index in [4.69, 9.17) is 5.73 Å². The maximum absolute atomic E-state index is 5.40. The predicted octanol–water partition coefficient (Wildman–Crippen LogP) is 0.772. The van der Waals surface area contributed by atoms with Gasteiger partial charge in [0, 0.05) is 6.20 Å². The van der Waals surface area contributed by atoms with Crippen molar-refractivity contribution in [3.63, 3.8) is 0 Å². The van der Waals surface area contributed by atoms with Crippen molar-refractivity contribution >= 4 is 5.69 Å². The Labute approximate surface area is 48.4 Å². The summed E-state index contributed by atoms with van der Waals surface area (Å²) in [5.74, 6) is 0. The fourth-order valence-corrected chi connectivity index (χ4v) is 0.434. The number of nitrogen functional groups attached to an aromatic ring is 1. The van der Waals surface area contributed by atoms with E-state index < -0.39 is 0 Å². The molecule has 0 aliphatic rings. The quantitative estimate of drug-likeness (QED) is 0.532. The zero-order chi connectivity index (χ0) is 5.98. The minimum atomic E-state index is 0.632. The van der Waals surface area contributed by atoms with Crippen LogP contribution in [-0.2, 0) is 0 Å². The zero-order valence-corrected chi connectivity index (χ0v) is 4.68. The molecule has 0 aliphatic heterocycles.